The number of esters is 2. The highest BCUT2D eigenvalue weighted by atomic mass is 16.5. The van der Waals surface area contributed by atoms with Crippen LogP contribution in [0.2, 0.25) is 0 Å². The zero-order valence-electron chi connectivity index (χ0n) is 24.5. The molecule has 1 aliphatic rings. The molecule has 2 unspecified atom stereocenters. The molecule has 1 N–H and O–H groups in total. The van der Waals surface area contributed by atoms with Gasteiger partial charge in [0, 0.05) is 0 Å². The molecule has 10 nitrogen and oxygen atoms in total. The molecule has 0 spiro atoms. The van der Waals surface area contributed by atoms with Crippen molar-refractivity contribution in [1.29, 1.82) is 0 Å². The lowest BCUT2D eigenvalue weighted by molar-refractivity contribution is -0.140. The molecule has 0 aliphatic carbocycles. The Labute approximate surface area is 250 Å². The molecule has 4 rings (SSSR count). The fraction of sp³-hybridized carbons (Fsp3) is 0.242. The molecule has 1 amide bonds. The molecule has 3 aromatic rings. The fourth-order valence-electron chi connectivity index (χ4n) is 3.95. The Bertz CT molecular complexity index is 1590. The first-order chi connectivity index (χ1) is 20.7. The Morgan fingerprint density at radius 1 is 0.860 bits per heavy atom. The lowest BCUT2D eigenvalue weighted by Crippen LogP contribution is -2.24. The number of rotatable bonds is 11. The summed E-state index contributed by atoms with van der Waals surface area (Å²) < 4.78 is 12.2. The number of allylic oxidation sites excluding steroid dienone is 4. The van der Waals surface area contributed by atoms with Crippen LogP contribution in [0.4, 0.5) is 5.69 Å². The Morgan fingerprint density at radius 3 is 2.05 bits per heavy atom. The van der Waals surface area contributed by atoms with Crippen LogP contribution in [0.3, 0.4) is 0 Å². The third-order valence-electron chi connectivity index (χ3n) is 6.68. The zero-order valence-corrected chi connectivity index (χ0v) is 24.5. The standard InChI is InChI=1S/C33H34N4O6/c1-5-22(3)42-32(40)28-26(30(38)36(34-28)24-16-10-7-11-17-24)20-14-9-15-21-27-29(33(41)43-23(4)6-2)35-37(31(27)39)25-18-12-8-13-19-25/h7-23,38H,5-6H2,1-4H3/b15-9+,20-14+,27-21-. The third kappa shape index (κ3) is 7.16. The smallest absolute Gasteiger partial charge is 0.359 e. The number of amides is 1. The van der Waals surface area contributed by atoms with Crippen LogP contribution in [0.25, 0.3) is 11.8 Å². The van der Waals surface area contributed by atoms with Gasteiger partial charge in [-0.3, -0.25) is 4.79 Å². The van der Waals surface area contributed by atoms with E-state index in [2.05, 4.69) is 10.2 Å². The van der Waals surface area contributed by atoms with Crippen molar-refractivity contribution < 1.29 is 29.0 Å². The highest BCUT2D eigenvalue weighted by Gasteiger charge is 2.36. The molecule has 2 heterocycles. The summed E-state index contributed by atoms with van der Waals surface area (Å²) in [6.45, 7) is 7.32. The van der Waals surface area contributed by atoms with E-state index in [0.717, 1.165) is 5.01 Å². The zero-order chi connectivity index (χ0) is 30.9. The molecule has 0 fully saturated rings. The molecule has 10 heteroatoms. The van der Waals surface area contributed by atoms with Crippen LogP contribution in [-0.2, 0) is 19.1 Å². The van der Waals surface area contributed by atoms with Crippen molar-refractivity contribution in [3.05, 3.63) is 102 Å². The number of para-hydroxylation sites is 2. The molecule has 0 saturated carbocycles. The van der Waals surface area contributed by atoms with Crippen molar-refractivity contribution in [3.8, 4) is 11.6 Å². The van der Waals surface area contributed by atoms with E-state index in [9.17, 15) is 19.5 Å². The molecule has 1 aliphatic heterocycles. The average molecular weight is 583 g/mol. The van der Waals surface area contributed by atoms with Gasteiger partial charge in [-0.25, -0.2) is 9.59 Å². The van der Waals surface area contributed by atoms with Crippen molar-refractivity contribution in [1.82, 2.24) is 9.78 Å². The number of benzene rings is 2. The van der Waals surface area contributed by atoms with Crippen molar-refractivity contribution >= 4 is 35.3 Å². The Balaban J connectivity index is 1.63. The van der Waals surface area contributed by atoms with Crippen LogP contribution < -0.4 is 5.01 Å². The van der Waals surface area contributed by atoms with Gasteiger partial charge >= 0.3 is 11.9 Å². The number of ether oxygens (including phenoxy) is 2. The molecular formula is C33H34N4O6. The topological polar surface area (TPSA) is 123 Å². The second-order valence-electron chi connectivity index (χ2n) is 9.81. The number of hydrazone groups is 1. The van der Waals surface area contributed by atoms with E-state index in [1.165, 1.54) is 16.8 Å². The molecule has 1 aromatic heterocycles. The van der Waals surface area contributed by atoms with Gasteiger partial charge in [0.15, 0.2) is 11.4 Å². The van der Waals surface area contributed by atoms with Crippen molar-refractivity contribution in [3.63, 3.8) is 0 Å². The van der Waals surface area contributed by atoms with E-state index < -0.39 is 17.8 Å². The van der Waals surface area contributed by atoms with Gasteiger partial charge in [-0.1, -0.05) is 68.5 Å². The molecule has 222 valence electrons. The molecule has 2 atom stereocenters. The number of aromatic hydroxyl groups is 1. The Morgan fingerprint density at radius 2 is 1.44 bits per heavy atom. The van der Waals surface area contributed by atoms with E-state index in [1.54, 1.807) is 80.6 Å². The predicted octanol–water partition coefficient (Wildman–Crippen LogP) is 5.77. The van der Waals surface area contributed by atoms with Gasteiger partial charge in [-0.05, 0) is 63.1 Å². The Kier molecular flexibility index (Phi) is 10.1. The number of carbonyl (C=O) groups is 3. The summed E-state index contributed by atoms with van der Waals surface area (Å²) in [5, 5.41) is 20.7. The summed E-state index contributed by atoms with van der Waals surface area (Å²) in [5.41, 5.74) is 1.17. The monoisotopic (exact) mass is 582 g/mol. The van der Waals surface area contributed by atoms with E-state index in [-0.39, 0.29) is 40.6 Å². The molecule has 2 aromatic carbocycles. The number of aromatic nitrogens is 2. The van der Waals surface area contributed by atoms with E-state index in [4.69, 9.17) is 9.47 Å². The quantitative estimate of drug-likeness (QED) is 0.173. The van der Waals surface area contributed by atoms with Gasteiger partial charge in [-0.15, -0.1) is 0 Å². The Hall–Kier alpha value is -5.25. The van der Waals surface area contributed by atoms with Crippen LogP contribution >= 0.6 is 0 Å². The minimum absolute atomic E-state index is 0.0451. The number of anilines is 1. The summed E-state index contributed by atoms with van der Waals surface area (Å²) in [7, 11) is 0. The summed E-state index contributed by atoms with van der Waals surface area (Å²) in [4.78, 5) is 39.1. The van der Waals surface area contributed by atoms with Crippen LogP contribution in [0.15, 0.2) is 95.6 Å². The predicted molar refractivity (Wildman–Crippen MR) is 164 cm³/mol. The largest absolute Gasteiger partial charge is 0.493 e. The minimum Gasteiger partial charge on any atom is -0.493 e. The van der Waals surface area contributed by atoms with Gasteiger partial charge < -0.3 is 14.6 Å². The number of nitrogens with zero attached hydrogens (tertiary/aromatic N) is 4. The molecule has 0 radical (unpaired) electrons. The van der Waals surface area contributed by atoms with Gasteiger partial charge in [0.1, 0.15) is 0 Å². The molecule has 0 saturated heterocycles. The van der Waals surface area contributed by atoms with Crippen molar-refractivity contribution in [2.24, 2.45) is 5.10 Å². The van der Waals surface area contributed by atoms with E-state index >= 15 is 0 Å². The average Bonchev–Trinajstić information content (AvgIpc) is 3.53. The SMILES string of the molecule is CCC(C)OC(=O)C1=NN(c2ccccc2)C(=O)\C1=C/C=C/C=C/c1c(C(=O)OC(C)CC)nn(-c2ccccc2)c1O. The molecular weight excluding hydrogens is 548 g/mol. The van der Waals surface area contributed by atoms with E-state index in [0.29, 0.717) is 24.2 Å². The number of carbonyl (C=O) groups excluding carboxylic acids is 3. The third-order valence-corrected chi connectivity index (χ3v) is 6.68. The second kappa shape index (κ2) is 14.1. The van der Waals surface area contributed by atoms with Crippen molar-refractivity contribution in [2.75, 3.05) is 5.01 Å². The maximum absolute atomic E-state index is 13.3. The minimum atomic E-state index is -0.695. The summed E-state index contributed by atoms with van der Waals surface area (Å²) in [5.74, 6) is -2.08. The lowest BCUT2D eigenvalue weighted by atomic mass is 10.1. The first kappa shape index (κ1) is 30.7. The summed E-state index contributed by atoms with van der Waals surface area (Å²) >= 11 is 0. The summed E-state index contributed by atoms with van der Waals surface area (Å²) in [6, 6.07) is 17.7. The van der Waals surface area contributed by atoms with Crippen LogP contribution in [0.1, 0.15) is 56.6 Å². The van der Waals surface area contributed by atoms with Crippen LogP contribution in [0, 0.1) is 0 Å². The highest BCUT2D eigenvalue weighted by Crippen LogP contribution is 2.28. The van der Waals surface area contributed by atoms with Gasteiger partial charge in [-0.2, -0.15) is 19.9 Å². The first-order valence-corrected chi connectivity index (χ1v) is 14.1. The van der Waals surface area contributed by atoms with Gasteiger partial charge in [0.2, 0.25) is 5.88 Å². The maximum Gasteiger partial charge on any atom is 0.359 e. The normalized spacial score (nSPS) is 15.7. The van der Waals surface area contributed by atoms with Crippen LogP contribution in [-0.4, -0.2) is 50.7 Å². The van der Waals surface area contributed by atoms with Crippen LogP contribution in [0.5, 0.6) is 5.88 Å². The van der Waals surface area contributed by atoms with E-state index in [1.807, 2.05) is 26.0 Å². The highest BCUT2D eigenvalue weighted by molar-refractivity contribution is 6.53. The molecule has 0 bridgehead atoms. The fourth-order valence-corrected chi connectivity index (χ4v) is 3.95. The second-order valence-corrected chi connectivity index (χ2v) is 9.81. The van der Waals surface area contributed by atoms with Crippen molar-refractivity contribution in [2.45, 2.75) is 52.7 Å². The number of hydrogen-bond acceptors (Lipinski definition) is 8. The summed E-state index contributed by atoms with van der Waals surface area (Å²) in [6.07, 6.45) is 8.26. The maximum atomic E-state index is 13.3. The molecule has 43 heavy (non-hydrogen) atoms. The van der Waals surface area contributed by atoms with Gasteiger partial charge in [0.25, 0.3) is 5.91 Å². The number of hydrogen-bond donors (Lipinski definition) is 1. The van der Waals surface area contributed by atoms with Gasteiger partial charge in [0.05, 0.1) is 34.7 Å². The lowest BCUT2D eigenvalue weighted by Gasteiger charge is -2.10. The first-order valence-electron chi connectivity index (χ1n) is 14.1.